The maximum atomic E-state index is 11.5. The third kappa shape index (κ3) is 6.30. The zero-order chi connectivity index (χ0) is 22.1. The topological polar surface area (TPSA) is 88.2 Å². The van der Waals surface area contributed by atoms with E-state index in [1.807, 2.05) is 24.3 Å². The molecule has 0 unspecified atom stereocenters. The minimum Gasteiger partial charge on any atom is -0.491 e. The number of amides is 1. The van der Waals surface area contributed by atoms with Gasteiger partial charge in [-0.15, -0.1) is 0 Å². The highest BCUT2D eigenvalue weighted by atomic mass is 16.5. The second kappa shape index (κ2) is 10.8. The van der Waals surface area contributed by atoms with Gasteiger partial charge < -0.3 is 20.7 Å². The highest BCUT2D eigenvalue weighted by Crippen LogP contribution is 2.28. The van der Waals surface area contributed by atoms with Crippen molar-refractivity contribution in [2.24, 2.45) is 0 Å². The second-order valence-electron chi connectivity index (χ2n) is 6.94. The molecule has 0 aliphatic carbocycles. The van der Waals surface area contributed by atoms with Gasteiger partial charge in [0.05, 0.1) is 13.3 Å². The van der Waals surface area contributed by atoms with Crippen LogP contribution < -0.4 is 20.7 Å². The summed E-state index contributed by atoms with van der Waals surface area (Å²) < 4.78 is 5.39. The van der Waals surface area contributed by atoms with E-state index >= 15 is 0 Å². The number of hydrogen-bond acceptors (Lipinski definition) is 6. The molecule has 3 rings (SSSR count). The van der Waals surface area contributed by atoms with Crippen molar-refractivity contribution in [3.05, 3.63) is 72.9 Å². The molecule has 0 aliphatic rings. The number of nitrogens with zero attached hydrogens (tertiary/aromatic N) is 2. The molecular weight excluding hydrogens is 390 g/mol. The van der Waals surface area contributed by atoms with Gasteiger partial charge in [0.25, 0.3) is 0 Å². The third-order valence-electron chi connectivity index (χ3n) is 4.58. The van der Waals surface area contributed by atoms with Gasteiger partial charge in [0.1, 0.15) is 0 Å². The van der Waals surface area contributed by atoms with Gasteiger partial charge in [0, 0.05) is 17.1 Å². The molecule has 31 heavy (non-hydrogen) atoms. The molecule has 3 N–H and O–H groups in total. The Bertz CT molecular complexity index is 1030. The highest BCUT2D eigenvalue weighted by Gasteiger charge is 2.09. The van der Waals surface area contributed by atoms with Crippen LogP contribution >= 0.6 is 0 Å². The van der Waals surface area contributed by atoms with Crippen molar-refractivity contribution in [3.63, 3.8) is 0 Å². The molecule has 7 nitrogen and oxygen atoms in total. The van der Waals surface area contributed by atoms with Crippen LogP contribution in [-0.4, -0.2) is 23.0 Å². The lowest BCUT2D eigenvalue weighted by Crippen LogP contribution is -2.07. The Morgan fingerprint density at radius 1 is 1.10 bits per heavy atom. The lowest BCUT2D eigenvalue weighted by molar-refractivity contribution is -0.111. The molecule has 0 atom stereocenters. The minimum atomic E-state index is -0.274. The van der Waals surface area contributed by atoms with E-state index in [4.69, 9.17) is 4.74 Å². The fraction of sp³-hybridized carbons (Fsp3) is 0.208. The standard InChI is InChI=1S/C24H27N5O2/c1-4-6-8-17-11-13-18(14-12-17)28-24-25-16-21(31-3)23(29-24)27-20-10-7-9-19(15-20)26-22(30)5-2/h5,7,9-16H,2,4,6,8H2,1,3H3,(H,26,30)(H2,25,27,28,29). The number of benzene rings is 2. The number of carbonyl (C=O) groups excluding carboxylic acids is 1. The van der Waals surface area contributed by atoms with E-state index < -0.39 is 0 Å². The van der Waals surface area contributed by atoms with E-state index in [1.165, 1.54) is 24.5 Å². The van der Waals surface area contributed by atoms with E-state index in [1.54, 1.807) is 25.4 Å². The Kier molecular flexibility index (Phi) is 7.59. The number of nitrogens with one attached hydrogen (secondary N) is 3. The van der Waals surface area contributed by atoms with Crippen molar-refractivity contribution in [1.29, 1.82) is 0 Å². The summed E-state index contributed by atoms with van der Waals surface area (Å²) in [6.45, 7) is 5.65. The zero-order valence-corrected chi connectivity index (χ0v) is 17.8. The normalized spacial score (nSPS) is 10.3. The van der Waals surface area contributed by atoms with Gasteiger partial charge in [0.15, 0.2) is 11.6 Å². The number of carbonyl (C=O) groups is 1. The number of methoxy groups -OCH3 is 1. The van der Waals surface area contributed by atoms with Gasteiger partial charge in [-0.05, 0) is 54.8 Å². The van der Waals surface area contributed by atoms with Crippen molar-refractivity contribution in [1.82, 2.24) is 9.97 Å². The van der Waals surface area contributed by atoms with Crippen LogP contribution in [0.4, 0.5) is 28.8 Å². The monoisotopic (exact) mass is 417 g/mol. The summed E-state index contributed by atoms with van der Waals surface area (Å²) in [4.78, 5) is 20.4. The van der Waals surface area contributed by atoms with E-state index in [9.17, 15) is 4.79 Å². The minimum absolute atomic E-state index is 0.274. The largest absolute Gasteiger partial charge is 0.491 e. The Hall–Kier alpha value is -3.87. The molecule has 1 amide bonds. The Morgan fingerprint density at radius 3 is 2.58 bits per heavy atom. The highest BCUT2D eigenvalue weighted by molar-refractivity contribution is 5.99. The molecule has 0 radical (unpaired) electrons. The number of unbranched alkanes of at least 4 members (excludes halogenated alkanes) is 1. The molecule has 0 saturated carbocycles. The Morgan fingerprint density at radius 2 is 1.87 bits per heavy atom. The second-order valence-corrected chi connectivity index (χ2v) is 6.94. The predicted octanol–water partition coefficient (Wildman–Crippen LogP) is 5.44. The van der Waals surface area contributed by atoms with E-state index in [-0.39, 0.29) is 5.91 Å². The van der Waals surface area contributed by atoms with Crippen LogP contribution in [0.3, 0.4) is 0 Å². The Labute approximate surface area is 182 Å². The summed E-state index contributed by atoms with van der Waals surface area (Å²) >= 11 is 0. The molecule has 0 bridgehead atoms. The average molecular weight is 418 g/mol. The van der Waals surface area contributed by atoms with Gasteiger partial charge >= 0.3 is 0 Å². The molecule has 1 heterocycles. The van der Waals surface area contributed by atoms with E-state index in [2.05, 4.69) is 51.6 Å². The number of anilines is 5. The number of aromatic nitrogens is 2. The van der Waals surface area contributed by atoms with E-state index in [0.717, 1.165) is 17.8 Å². The van der Waals surface area contributed by atoms with E-state index in [0.29, 0.717) is 23.2 Å². The summed E-state index contributed by atoms with van der Waals surface area (Å²) in [6.07, 6.45) is 6.27. The quantitative estimate of drug-likeness (QED) is 0.381. The Balaban J connectivity index is 1.75. The van der Waals surface area contributed by atoms with Crippen LogP contribution in [0.1, 0.15) is 25.3 Å². The van der Waals surface area contributed by atoms with Crippen molar-refractivity contribution in [2.75, 3.05) is 23.1 Å². The van der Waals surface area contributed by atoms with Crippen molar-refractivity contribution < 1.29 is 9.53 Å². The molecule has 0 spiro atoms. The number of aryl methyl sites for hydroxylation is 1. The van der Waals surface area contributed by atoms with Crippen LogP contribution in [0.15, 0.2) is 67.4 Å². The van der Waals surface area contributed by atoms with Crippen LogP contribution in [0.25, 0.3) is 0 Å². The summed E-state index contributed by atoms with van der Waals surface area (Å²) in [7, 11) is 1.56. The first-order valence-electron chi connectivity index (χ1n) is 10.2. The first-order valence-corrected chi connectivity index (χ1v) is 10.2. The first kappa shape index (κ1) is 21.8. The predicted molar refractivity (Wildman–Crippen MR) is 125 cm³/mol. The number of rotatable bonds is 10. The molecule has 7 heteroatoms. The number of hydrogen-bond donors (Lipinski definition) is 3. The van der Waals surface area contributed by atoms with Crippen molar-refractivity contribution in [3.8, 4) is 5.75 Å². The van der Waals surface area contributed by atoms with Gasteiger partial charge in [0.2, 0.25) is 11.9 Å². The summed E-state index contributed by atoms with van der Waals surface area (Å²) in [5.74, 6) is 1.18. The molecule has 0 aliphatic heterocycles. The van der Waals surface area contributed by atoms with Crippen LogP contribution in [-0.2, 0) is 11.2 Å². The molecule has 0 saturated heterocycles. The maximum absolute atomic E-state index is 11.5. The smallest absolute Gasteiger partial charge is 0.247 e. The summed E-state index contributed by atoms with van der Waals surface area (Å²) in [5.41, 5.74) is 3.61. The van der Waals surface area contributed by atoms with Gasteiger partial charge in [-0.3, -0.25) is 4.79 Å². The molecule has 2 aromatic carbocycles. The molecule has 0 fully saturated rings. The van der Waals surface area contributed by atoms with Crippen molar-refractivity contribution >= 4 is 34.7 Å². The zero-order valence-electron chi connectivity index (χ0n) is 17.8. The molecule has 160 valence electrons. The fourth-order valence-electron chi connectivity index (χ4n) is 2.94. The van der Waals surface area contributed by atoms with Crippen molar-refractivity contribution in [2.45, 2.75) is 26.2 Å². The van der Waals surface area contributed by atoms with Crippen LogP contribution in [0.5, 0.6) is 5.75 Å². The first-order chi connectivity index (χ1) is 15.1. The van der Waals surface area contributed by atoms with Crippen LogP contribution in [0, 0.1) is 0 Å². The fourth-order valence-corrected chi connectivity index (χ4v) is 2.94. The summed E-state index contributed by atoms with van der Waals surface area (Å²) in [6, 6.07) is 15.6. The maximum Gasteiger partial charge on any atom is 0.247 e. The molecule has 3 aromatic rings. The van der Waals surface area contributed by atoms with Crippen LogP contribution in [0.2, 0.25) is 0 Å². The SMILES string of the molecule is C=CC(=O)Nc1cccc(Nc2nc(Nc3ccc(CCCC)cc3)ncc2OC)c1. The lowest BCUT2D eigenvalue weighted by atomic mass is 10.1. The van der Waals surface area contributed by atoms with Gasteiger partial charge in [-0.2, -0.15) is 4.98 Å². The average Bonchev–Trinajstić information content (AvgIpc) is 2.79. The summed E-state index contributed by atoms with van der Waals surface area (Å²) in [5, 5.41) is 9.18. The molecule has 1 aromatic heterocycles. The lowest BCUT2D eigenvalue weighted by Gasteiger charge is -2.13. The van der Waals surface area contributed by atoms with Gasteiger partial charge in [-0.1, -0.05) is 38.1 Å². The number of ether oxygens (including phenoxy) is 1. The van der Waals surface area contributed by atoms with Gasteiger partial charge in [-0.25, -0.2) is 4.98 Å². The third-order valence-corrected chi connectivity index (χ3v) is 4.58. The molecular formula is C24H27N5O2.